The Hall–Kier alpha value is -1.92. The number of carbonyl (C=O) groups excluding carboxylic acids is 2. The largest absolute Gasteiger partial charge is 0.452 e. The minimum absolute atomic E-state index is 0.380. The lowest BCUT2D eigenvalue weighted by Crippen LogP contribution is -2.20. The van der Waals surface area contributed by atoms with Crippen LogP contribution in [0.4, 0.5) is 5.00 Å². The monoisotopic (exact) mass is 480 g/mol. The van der Waals surface area contributed by atoms with Gasteiger partial charge in [-0.2, -0.15) is 5.26 Å². The summed E-state index contributed by atoms with van der Waals surface area (Å²) < 4.78 is 6.07. The molecule has 26 heavy (non-hydrogen) atoms. The molecule has 0 radical (unpaired) electrons. The Morgan fingerprint density at radius 3 is 2.81 bits per heavy atom. The predicted octanol–water partition coefficient (Wildman–Crippen LogP) is 4.14. The van der Waals surface area contributed by atoms with Crippen LogP contribution in [0.15, 0.2) is 24.3 Å². The number of nitriles is 1. The molecule has 0 unspecified atom stereocenters. The average Bonchev–Trinajstić information content (AvgIpc) is 2.96. The molecular weight excluding hydrogens is 463 g/mol. The summed E-state index contributed by atoms with van der Waals surface area (Å²) in [7, 11) is 0. The molecule has 1 atom stereocenters. The van der Waals surface area contributed by atoms with Gasteiger partial charge in [-0.05, 0) is 77.6 Å². The number of fused-ring (bicyclic) bond motifs is 1. The molecule has 0 bridgehead atoms. The molecule has 0 spiro atoms. The van der Waals surface area contributed by atoms with E-state index in [0.29, 0.717) is 22.0 Å². The summed E-state index contributed by atoms with van der Waals surface area (Å²) in [6.45, 7) is 1.81. The van der Waals surface area contributed by atoms with Crippen molar-refractivity contribution in [2.45, 2.75) is 26.2 Å². The highest BCUT2D eigenvalue weighted by Gasteiger charge is 2.24. The second kappa shape index (κ2) is 8.18. The number of ether oxygens (including phenoxy) is 1. The number of carbonyl (C=O) groups is 2. The highest BCUT2D eigenvalue weighted by atomic mass is 127. The summed E-state index contributed by atoms with van der Waals surface area (Å²) in [5.74, 6) is -0.394. The fourth-order valence-electron chi connectivity index (χ4n) is 2.92. The molecule has 1 heterocycles. The van der Waals surface area contributed by atoms with Gasteiger partial charge in [0.2, 0.25) is 0 Å². The van der Waals surface area contributed by atoms with Gasteiger partial charge in [0, 0.05) is 8.45 Å². The number of esters is 1. The Kier molecular flexibility index (Phi) is 5.94. The third-order valence-corrected chi connectivity index (χ3v) is 6.18. The highest BCUT2D eigenvalue weighted by molar-refractivity contribution is 14.1. The minimum atomic E-state index is -0.545. The number of nitrogens with one attached hydrogen (secondary N) is 1. The van der Waals surface area contributed by atoms with Crippen LogP contribution >= 0.6 is 33.9 Å². The molecule has 2 aromatic rings. The topological polar surface area (TPSA) is 79.2 Å². The summed E-state index contributed by atoms with van der Waals surface area (Å²) >= 11 is 3.60. The Balaban J connectivity index is 1.63. The van der Waals surface area contributed by atoms with E-state index in [0.717, 1.165) is 28.4 Å². The number of benzene rings is 1. The molecule has 0 fully saturated rings. The van der Waals surface area contributed by atoms with Crippen molar-refractivity contribution < 1.29 is 14.3 Å². The molecular formula is C19H17IN2O3S. The zero-order valence-corrected chi connectivity index (χ0v) is 17.1. The maximum atomic E-state index is 12.2. The number of thiophene rings is 1. The number of amides is 1. The standard InChI is InChI=1S/C19H17IN2O3S/c1-11-2-7-14-15(9-21)18(26-16(14)8-11)22-17(23)10-25-19(24)12-3-5-13(20)6-4-12/h3-6,11H,2,7-8,10H2,1H3,(H,22,23)/t11-/m0/s1. The van der Waals surface area contributed by atoms with Crippen LogP contribution in [-0.4, -0.2) is 18.5 Å². The van der Waals surface area contributed by atoms with Gasteiger partial charge in [0.25, 0.3) is 5.91 Å². The second-order valence-corrected chi connectivity index (χ2v) is 8.65. The Morgan fingerprint density at radius 2 is 2.12 bits per heavy atom. The zero-order valence-electron chi connectivity index (χ0n) is 14.2. The number of anilines is 1. The molecule has 1 aromatic heterocycles. The SMILES string of the molecule is C[C@H]1CCc2c(sc(NC(=O)COC(=O)c3ccc(I)cc3)c2C#N)C1. The molecule has 0 aliphatic heterocycles. The Bertz CT molecular complexity index is 883. The van der Waals surface area contributed by atoms with Crippen LogP contribution in [0.2, 0.25) is 0 Å². The van der Waals surface area contributed by atoms with Crippen LogP contribution in [0.3, 0.4) is 0 Å². The van der Waals surface area contributed by atoms with Gasteiger partial charge < -0.3 is 10.1 Å². The molecule has 1 amide bonds. The van der Waals surface area contributed by atoms with Crippen molar-refractivity contribution in [3.8, 4) is 6.07 Å². The zero-order chi connectivity index (χ0) is 18.7. The third-order valence-electron chi connectivity index (χ3n) is 4.29. The van der Waals surface area contributed by atoms with Crippen molar-refractivity contribution in [1.82, 2.24) is 0 Å². The van der Waals surface area contributed by atoms with E-state index in [-0.39, 0.29) is 6.61 Å². The van der Waals surface area contributed by atoms with Crippen LogP contribution in [0, 0.1) is 20.8 Å². The fourth-order valence-corrected chi connectivity index (χ4v) is 4.66. The first-order valence-corrected chi connectivity index (χ1v) is 10.1. The third kappa shape index (κ3) is 4.24. The van der Waals surface area contributed by atoms with Crippen molar-refractivity contribution in [1.29, 1.82) is 5.26 Å². The molecule has 1 N–H and O–H groups in total. The van der Waals surface area contributed by atoms with Gasteiger partial charge in [-0.1, -0.05) is 6.92 Å². The average molecular weight is 480 g/mol. The lowest BCUT2D eigenvalue weighted by atomic mass is 9.89. The molecule has 1 aliphatic rings. The summed E-state index contributed by atoms with van der Waals surface area (Å²) in [4.78, 5) is 25.3. The Labute approximate surface area is 169 Å². The lowest BCUT2D eigenvalue weighted by molar-refractivity contribution is -0.119. The second-order valence-electron chi connectivity index (χ2n) is 6.30. The lowest BCUT2D eigenvalue weighted by Gasteiger charge is -2.17. The molecule has 0 saturated heterocycles. The number of nitrogens with zero attached hydrogens (tertiary/aromatic N) is 1. The van der Waals surface area contributed by atoms with E-state index < -0.39 is 11.9 Å². The minimum Gasteiger partial charge on any atom is -0.452 e. The van der Waals surface area contributed by atoms with Gasteiger partial charge in [0.1, 0.15) is 11.1 Å². The number of rotatable bonds is 4. The van der Waals surface area contributed by atoms with Gasteiger partial charge in [-0.15, -0.1) is 11.3 Å². The van der Waals surface area contributed by atoms with Gasteiger partial charge >= 0.3 is 5.97 Å². The Morgan fingerprint density at radius 1 is 1.38 bits per heavy atom. The molecule has 134 valence electrons. The molecule has 1 aromatic carbocycles. The van der Waals surface area contributed by atoms with Crippen LogP contribution in [0.5, 0.6) is 0 Å². The van der Waals surface area contributed by atoms with E-state index in [2.05, 4.69) is 40.9 Å². The van der Waals surface area contributed by atoms with Gasteiger partial charge in [0.15, 0.2) is 6.61 Å². The quantitative estimate of drug-likeness (QED) is 0.527. The van der Waals surface area contributed by atoms with Crippen molar-refractivity contribution >= 4 is 50.8 Å². The molecule has 5 nitrogen and oxygen atoms in total. The number of hydrogen-bond acceptors (Lipinski definition) is 5. The van der Waals surface area contributed by atoms with E-state index in [4.69, 9.17) is 4.74 Å². The summed E-state index contributed by atoms with van der Waals surface area (Å²) in [5.41, 5.74) is 2.01. The smallest absolute Gasteiger partial charge is 0.338 e. The van der Waals surface area contributed by atoms with Crippen molar-refractivity contribution in [3.05, 3.63) is 49.4 Å². The van der Waals surface area contributed by atoms with E-state index in [1.54, 1.807) is 24.3 Å². The number of halogens is 1. The summed E-state index contributed by atoms with van der Waals surface area (Å²) in [6, 6.07) is 9.12. The first kappa shape index (κ1) is 18.9. The van der Waals surface area contributed by atoms with Crippen LogP contribution in [-0.2, 0) is 22.4 Å². The van der Waals surface area contributed by atoms with Crippen molar-refractivity contribution in [3.63, 3.8) is 0 Å². The first-order valence-electron chi connectivity index (χ1n) is 8.25. The van der Waals surface area contributed by atoms with Crippen LogP contribution in [0.25, 0.3) is 0 Å². The van der Waals surface area contributed by atoms with Crippen molar-refractivity contribution in [2.24, 2.45) is 5.92 Å². The predicted molar refractivity (Wildman–Crippen MR) is 108 cm³/mol. The van der Waals surface area contributed by atoms with Gasteiger partial charge in [-0.3, -0.25) is 4.79 Å². The van der Waals surface area contributed by atoms with Gasteiger partial charge in [-0.25, -0.2) is 4.79 Å². The number of hydrogen-bond donors (Lipinski definition) is 1. The maximum Gasteiger partial charge on any atom is 0.338 e. The van der Waals surface area contributed by atoms with E-state index >= 15 is 0 Å². The van der Waals surface area contributed by atoms with Crippen LogP contribution < -0.4 is 5.32 Å². The molecule has 7 heteroatoms. The summed E-state index contributed by atoms with van der Waals surface area (Å²) in [5, 5.41) is 12.7. The van der Waals surface area contributed by atoms with Gasteiger partial charge in [0.05, 0.1) is 11.1 Å². The van der Waals surface area contributed by atoms with Crippen LogP contribution in [0.1, 0.15) is 39.7 Å². The van der Waals surface area contributed by atoms with Crippen molar-refractivity contribution in [2.75, 3.05) is 11.9 Å². The molecule has 1 aliphatic carbocycles. The van der Waals surface area contributed by atoms with E-state index in [1.807, 2.05) is 0 Å². The highest BCUT2D eigenvalue weighted by Crippen LogP contribution is 2.39. The fraction of sp³-hybridized carbons (Fsp3) is 0.316. The van der Waals surface area contributed by atoms with E-state index in [9.17, 15) is 14.9 Å². The molecule has 0 saturated carbocycles. The summed E-state index contributed by atoms with van der Waals surface area (Å²) in [6.07, 6.45) is 2.86. The maximum absolute atomic E-state index is 12.2. The molecule has 3 rings (SSSR count). The van der Waals surface area contributed by atoms with E-state index in [1.165, 1.54) is 16.2 Å². The first-order chi connectivity index (χ1) is 12.5. The normalized spacial score (nSPS) is 15.7.